The molecule has 0 aliphatic heterocycles. The molecule has 0 amide bonds. The van der Waals surface area contributed by atoms with Crippen LogP contribution >= 0.6 is 11.6 Å². The van der Waals surface area contributed by atoms with Crippen LogP contribution in [0.25, 0.3) is 5.82 Å². The van der Waals surface area contributed by atoms with Crippen molar-refractivity contribution in [2.24, 2.45) is 0 Å². The summed E-state index contributed by atoms with van der Waals surface area (Å²) in [7, 11) is 1.07. The van der Waals surface area contributed by atoms with Gasteiger partial charge in [0.2, 0.25) is 0 Å². The van der Waals surface area contributed by atoms with E-state index in [2.05, 4.69) is 14.8 Å². The Hall–Kier alpha value is -2.16. The molecule has 0 fully saturated rings. The third-order valence-electron chi connectivity index (χ3n) is 2.65. The molecule has 0 radical (unpaired) electrons. The number of methoxy groups -OCH3 is 1. The molecule has 2 aromatic heterocycles. The molecule has 0 aliphatic rings. The van der Waals surface area contributed by atoms with Gasteiger partial charge in [0.25, 0.3) is 12.9 Å². The van der Waals surface area contributed by atoms with Crippen molar-refractivity contribution >= 4 is 17.6 Å². The molecule has 0 saturated carbocycles. The molecular weight excluding hydrogens is 330 g/mol. The van der Waals surface area contributed by atoms with E-state index in [1.54, 1.807) is 0 Å². The number of rotatable bonds is 4. The van der Waals surface area contributed by atoms with Crippen LogP contribution in [0.5, 0.6) is 0 Å². The summed E-state index contributed by atoms with van der Waals surface area (Å²) in [6.45, 7) is 0. The van der Waals surface area contributed by atoms with Crippen molar-refractivity contribution < 1.29 is 27.1 Å². The normalized spacial score (nSPS) is 11.3. The first kappa shape index (κ1) is 16.2. The number of alkyl halides is 4. The van der Waals surface area contributed by atoms with Gasteiger partial charge in [-0.05, 0) is 18.2 Å². The summed E-state index contributed by atoms with van der Waals surface area (Å²) in [5.41, 5.74) is -1.94. The van der Waals surface area contributed by atoms with Crippen molar-refractivity contribution in [3.05, 3.63) is 40.3 Å². The van der Waals surface area contributed by atoms with E-state index in [0.717, 1.165) is 7.11 Å². The van der Waals surface area contributed by atoms with Gasteiger partial charge in [-0.15, -0.1) is 0 Å². The third kappa shape index (κ3) is 3.03. The van der Waals surface area contributed by atoms with Crippen molar-refractivity contribution in [2.45, 2.75) is 12.9 Å². The van der Waals surface area contributed by atoms with Gasteiger partial charge in [0.15, 0.2) is 5.82 Å². The molecule has 2 heterocycles. The van der Waals surface area contributed by atoms with E-state index < -0.39 is 36.0 Å². The smallest absolute Gasteiger partial charge is 0.341 e. The van der Waals surface area contributed by atoms with E-state index in [4.69, 9.17) is 11.6 Å². The Balaban J connectivity index is 2.70. The number of carbonyl (C=O) groups excluding carboxylic acids is 1. The molecule has 10 heteroatoms. The highest BCUT2D eigenvalue weighted by Gasteiger charge is 2.26. The number of hydrogen-bond donors (Lipinski definition) is 0. The number of hydrogen-bond acceptors (Lipinski definition) is 4. The summed E-state index contributed by atoms with van der Waals surface area (Å²) in [4.78, 5) is 15.4. The van der Waals surface area contributed by atoms with Crippen molar-refractivity contribution in [3.63, 3.8) is 0 Å². The summed E-state index contributed by atoms with van der Waals surface area (Å²) in [6.07, 6.45) is -6.16. The van der Waals surface area contributed by atoms with Crippen LogP contribution in [0.2, 0.25) is 5.15 Å². The Labute approximate surface area is 126 Å². The minimum Gasteiger partial charge on any atom is -0.465 e. The fraction of sp³-hybridized carbons (Fsp3) is 0.250. The lowest BCUT2D eigenvalue weighted by Gasteiger charge is -2.10. The van der Waals surface area contributed by atoms with Gasteiger partial charge in [-0.3, -0.25) is 0 Å². The van der Waals surface area contributed by atoms with Crippen LogP contribution in [-0.4, -0.2) is 27.8 Å². The van der Waals surface area contributed by atoms with E-state index in [0.29, 0.717) is 10.7 Å². The fourth-order valence-corrected chi connectivity index (χ4v) is 1.85. The molecule has 0 bridgehead atoms. The highest BCUT2D eigenvalue weighted by molar-refractivity contribution is 6.29. The van der Waals surface area contributed by atoms with E-state index in [9.17, 15) is 22.4 Å². The van der Waals surface area contributed by atoms with E-state index in [1.807, 2.05) is 0 Å². The van der Waals surface area contributed by atoms with E-state index >= 15 is 0 Å². The molecule has 118 valence electrons. The number of aromatic nitrogens is 3. The summed E-state index contributed by atoms with van der Waals surface area (Å²) in [6, 6.07) is 2.95. The second kappa shape index (κ2) is 6.30. The Morgan fingerprint density at radius 2 is 1.95 bits per heavy atom. The molecule has 0 atom stereocenters. The highest BCUT2D eigenvalue weighted by atomic mass is 35.5. The predicted octanol–water partition coefficient (Wildman–Crippen LogP) is 3.58. The number of nitrogens with zero attached hydrogens (tertiary/aromatic N) is 3. The van der Waals surface area contributed by atoms with E-state index in [1.165, 1.54) is 12.1 Å². The minimum absolute atomic E-state index is 0.128. The Morgan fingerprint density at radius 1 is 1.27 bits per heavy atom. The maximum absolute atomic E-state index is 13.0. The first-order valence-electron chi connectivity index (χ1n) is 5.76. The first-order chi connectivity index (χ1) is 10.3. The van der Waals surface area contributed by atoms with Gasteiger partial charge in [-0.1, -0.05) is 11.6 Å². The van der Waals surface area contributed by atoms with Gasteiger partial charge in [-0.2, -0.15) is 5.10 Å². The number of ether oxygens (including phenoxy) is 1. The first-order valence-corrected chi connectivity index (χ1v) is 6.14. The van der Waals surface area contributed by atoms with Crippen molar-refractivity contribution in [2.75, 3.05) is 7.11 Å². The second-order valence-electron chi connectivity index (χ2n) is 4.00. The van der Waals surface area contributed by atoms with Crippen LogP contribution in [-0.2, 0) is 4.74 Å². The summed E-state index contributed by atoms with van der Waals surface area (Å²) in [5, 5.41) is 3.25. The quantitative estimate of drug-likeness (QED) is 0.486. The van der Waals surface area contributed by atoms with Crippen LogP contribution in [0.1, 0.15) is 34.6 Å². The second-order valence-corrected chi connectivity index (χ2v) is 4.39. The molecule has 2 rings (SSSR count). The average Bonchev–Trinajstić information content (AvgIpc) is 2.91. The van der Waals surface area contributed by atoms with Crippen LogP contribution in [0.4, 0.5) is 17.6 Å². The van der Waals surface area contributed by atoms with Crippen LogP contribution < -0.4 is 0 Å². The number of esters is 1. The molecule has 5 nitrogen and oxygen atoms in total. The van der Waals surface area contributed by atoms with Gasteiger partial charge in [0, 0.05) is 0 Å². The molecular formula is C12H8ClF4N3O2. The number of halogens is 5. The summed E-state index contributed by atoms with van der Waals surface area (Å²) < 4.78 is 56.4. The molecule has 22 heavy (non-hydrogen) atoms. The zero-order valence-electron chi connectivity index (χ0n) is 10.9. The topological polar surface area (TPSA) is 57.0 Å². The predicted molar refractivity (Wildman–Crippen MR) is 67.6 cm³/mol. The molecule has 0 aliphatic carbocycles. The lowest BCUT2D eigenvalue weighted by Crippen LogP contribution is -2.13. The minimum atomic E-state index is -3.11. The fourth-order valence-electron chi connectivity index (χ4n) is 1.70. The molecule has 0 N–H and O–H groups in total. The standard InChI is InChI=1S/C12H8ClF4N3O2/c1-22-12(21)5-2-3-8(13)18-11(5)20-7(10(16)17)4-6(19-20)9(14)15/h2-4,9-10H,1H3. The van der Waals surface area contributed by atoms with Crippen LogP contribution in [0, 0.1) is 0 Å². The maximum atomic E-state index is 13.0. The third-order valence-corrected chi connectivity index (χ3v) is 2.86. The van der Waals surface area contributed by atoms with Crippen molar-refractivity contribution in [1.82, 2.24) is 14.8 Å². The van der Waals surface area contributed by atoms with Crippen LogP contribution in [0.15, 0.2) is 18.2 Å². The van der Waals surface area contributed by atoms with Gasteiger partial charge >= 0.3 is 5.97 Å². The average molecular weight is 338 g/mol. The summed E-state index contributed by atoms with van der Waals surface area (Å²) >= 11 is 5.68. The number of pyridine rings is 1. The molecule has 0 aromatic carbocycles. The Morgan fingerprint density at radius 3 is 2.50 bits per heavy atom. The zero-order chi connectivity index (χ0) is 16.4. The molecule has 2 aromatic rings. The lowest BCUT2D eigenvalue weighted by molar-refractivity contribution is 0.0599. The van der Waals surface area contributed by atoms with Crippen LogP contribution in [0.3, 0.4) is 0 Å². The van der Waals surface area contributed by atoms with Gasteiger partial charge in [0.05, 0.1) is 7.11 Å². The SMILES string of the molecule is COC(=O)c1ccc(Cl)nc1-n1nc(C(F)F)cc1C(F)F. The highest BCUT2D eigenvalue weighted by Crippen LogP contribution is 2.28. The van der Waals surface area contributed by atoms with Gasteiger partial charge in [0.1, 0.15) is 22.1 Å². The van der Waals surface area contributed by atoms with Crippen molar-refractivity contribution in [1.29, 1.82) is 0 Å². The zero-order valence-corrected chi connectivity index (χ0v) is 11.7. The molecule has 0 saturated heterocycles. The van der Waals surface area contributed by atoms with Gasteiger partial charge < -0.3 is 4.74 Å². The Kier molecular flexibility index (Phi) is 4.65. The van der Waals surface area contributed by atoms with Gasteiger partial charge in [-0.25, -0.2) is 32.0 Å². The lowest BCUT2D eigenvalue weighted by atomic mass is 10.2. The van der Waals surface area contributed by atoms with Crippen molar-refractivity contribution in [3.8, 4) is 5.82 Å². The summed E-state index contributed by atoms with van der Waals surface area (Å²) in [5.74, 6) is -1.31. The Bertz CT molecular complexity index is 706. The molecule has 0 unspecified atom stereocenters. The van der Waals surface area contributed by atoms with E-state index in [-0.39, 0.29) is 10.7 Å². The maximum Gasteiger partial charge on any atom is 0.341 e. The molecule has 0 spiro atoms. The largest absolute Gasteiger partial charge is 0.465 e. The monoisotopic (exact) mass is 337 g/mol. The number of carbonyl (C=O) groups is 1.